The first kappa shape index (κ1) is 11.3. The second-order valence-electron chi connectivity index (χ2n) is 3.04. The lowest BCUT2D eigenvalue weighted by Gasteiger charge is -2.09. The van der Waals surface area contributed by atoms with E-state index in [0.29, 0.717) is 10.7 Å². The van der Waals surface area contributed by atoms with Crippen LogP contribution < -0.4 is 5.01 Å². The lowest BCUT2D eigenvalue weighted by Crippen LogP contribution is -2.22. The average molecular weight is 247 g/mol. The van der Waals surface area contributed by atoms with Crippen molar-refractivity contribution in [1.29, 1.82) is 0 Å². The number of pyridine rings is 1. The molecule has 86 valence electrons. The first-order valence-corrected chi connectivity index (χ1v) is 5.67. The number of carboxylic acid groups (broad SMARTS) is 1. The second-order valence-corrected chi connectivity index (χ2v) is 3.97. The number of thiophene rings is 1. The molecular formula is C11H9N3O2S. The Kier molecular flexibility index (Phi) is 3.46. The molecule has 0 atom stereocenters. The van der Waals surface area contributed by atoms with Gasteiger partial charge in [-0.25, -0.2) is 4.79 Å². The third-order valence-corrected chi connectivity index (χ3v) is 2.73. The van der Waals surface area contributed by atoms with Crippen LogP contribution in [-0.2, 0) is 0 Å². The number of hydrogen-bond acceptors (Lipinski definition) is 4. The molecule has 0 unspecified atom stereocenters. The number of aromatic nitrogens is 1. The maximum Gasteiger partial charge on any atom is 0.433 e. The number of carbonyl (C=O) groups is 1. The molecule has 5 nitrogen and oxygen atoms in total. The van der Waals surface area contributed by atoms with E-state index in [0.717, 1.165) is 5.01 Å². The monoisotopic (exact) mass is 247 g/mol. The minimum Gasteiger partial charge on any atom is -0.463 e. The van der Waals surface area contributed by atoms with Crippen LogP contribution >= 0.6 is 11.3 Å². The Morgan fingerprint density at radius 2 is 2.29 bits per heavy atom. The highest BCUT2D eigenvalue weighted by atomic mass is 32.1. The Bertz CT molecular complexity index is 511. The SMILES string of the molecule is O=C(O)N(N=Cc1ccccn1)c1cccs1. The Labute approximate surface area is 102 Å². The largest absolute Gasteiger partial charge is 0.463 e. The summed E-state index contributed by atoms with van der Waals surface area (Å²) in [5.74, 6) is 0. The fourth-order valence-electron chi connectivity index (χ4n) is 1.16. The quantitative estimate of drug-likeness (QED) is 0.669. The molecule has 2 aromatic rings. The van der Waals surface area contributed by atoms with E-state index in [9.17, 15) is 4.79 Å². The van der Waals surface area contributed by atoms with Crippen LogP contribution in [0.4, 0.5) is 9.80 Å². The fraction of sp³-hybridized carbons (Fsp3) is 0. The first-order valence-electron chi connectivity index (χ1n) is 4.79. The molecular weight excluding hydrogens is 238 g/mol. The molecule has 1 N–H and O–H groups in total. The smallest absolute Gasteiger partial charge is 0.433 e. The van der Waals surface area contributed by atoms with Crippen LogP contribution in [0.1, 0.15) is 5.69 Å². The predicted octanol–water partition coefficient (Wildman–Crippen LogP) is 2.66. The molecule has 1 amide bonds. The zero-order valence-corrected chi connectivity index (χ0v) is 9.54. The molecule has 0 aromatic carbocycles. The van der Waals surface area contributed by atoms with Crippen LogP contribution in [-0.4, -0.2) is 22.4 Å². The summed E-state index contributed by atoms with van der Waals surface area (Å²) in [6.07, 6.45) is 1.91. The van der Waals surface area contributed by atoms with Gasteiger partial charge >= 0.3 is 6.09 Å². The van der Waals surface area contributed by atoms with Gasteiger partial charge in [-0.1, -0.05) is 6.07 Å². The summed E-state index contributed by atoms with van der Waals surface area (Å²) in [5, 5.41) is 16.2. The van der Waals surface area contributed by atoms with E-state index in [1.807, 2.05) is 6.07 Å². The third kappa shape index (κ3) is 2.88. The van der Waals surface area contributed by atoms with Gasteiger partial charge in [-0.3, -0.25) is 4.98 Å². The summed E-state index contributed by atoms with van der Waals surface area (Å²) in [7, 11) is 0. The minimum atomic E-state index is -1.13. The molecule has 0 aliphatic rings. The molecule has 2 heterocycles. The van der Waals surface area contributed by atoms with Gasteiger partial charge in [0.2, 0.25) is 0 Å². The van der Waals surface area contributed by atoms with Gasteiger partial charge in [-0.05, 0) is 29.6 Å². The maximum atomic E-state index is 11.0. The van der Waals surface area contributed by atoms with Crippen LogP contribution in [0.15, 0.2) is 47.0 Å². The van der Waals surface area contributed by atoms with E-state index in [-0.39, 0.29) is 0 Å². The Balaban J connectivity index is 2.20. The molecule has 0 spiro atoms. The Morgan fingerprint density at radius 3 is 2.88 bits per heavy atom. The van der Waals surface area contributed by atoms with E-state index >= 15 is 0 Å². The Morgan fingerprint density at radius 1 is 1.41 bits per heavy atom. The highest BCUT2D eigenvalue weighted by molar-refractivity contribution is 7.14. The molecule has 0 fully saturated rings. The fourth-order valence-corrected chi connectivity index (χ4v) is 1.84. The van der Waals surface area contributed by atoms with Gasteiger partial charge in [0.15, 0.2) is 0 Å². The maximum absolute atomic E-state index is 11.0. The highest BCUT2D eigenvalue weighted by Gasteiger charge is 2.13. The van der Waals surface area contributed by atoms with Crippen molar-refractivity contribution >= 4 is 28.6 Å². The van der Waals surface area contributed by atoms with Crippen LogP contribution in [0.2, 0.25) is 0 Å². The average Bonchev–Trinajstić information content (AvgIpc) is 2.84. The number of hydrazone groups is 1. The van der Waals surface area contributed by atoms with E-state index in [1.165, 1.54) is 17.6 Å². The summed E-state index contributed by atoms with van der Waals surface area (Å²) < 4.78 is 0. The van der Waals surface area contributed by atoms with Crippen molar-refractivity contribution < 1.29 is 9.90 Å². The predicted molar refractivity (Wildman–Crippen MR) is 66.7 cm³/mol. The molecule has 0 saturated heterocycles. The zero-order valence-electron chi connectivity index (χ0n) is 8.72. The normalized spacial score (nSPS) is 10.6. The minimum absolute atomic E-state index is 0.546. The number of hydrogen-bond donors (Lipinski definition) is 1. The zero-order chi connectivity index (χ0) is 12.1. The lowest BCUT2D eigenvalue weighted by molar-refractivity contribution is 0.202. The number of amides is 1. The topological polar surface area (TPSA) is 65.8 Å². The van der Waals surface area contributed by atoms with Crippen molar-refractivity contribution in [1.82, 2.24) is 4.98 Å². The molecule has 0 aliphatic heterocycles. The second kappa shape index (κ2) is 5.22. The van der Waals surface area contributed by atoms with Crippen LogP contribution in [0.5, 0.6) is 0 Å². The summed E-state index contributed by atoms with van der Waals surface area (Å²) in [6, 6.07) is 8.80. The number of rotatable bonds is 3. The first-order chi connectivity index (χ1) is 8.27. The summed E-state index contributed by atoms with van der Waals surface area (Å²) in [6.45, 7) is 0. The van der Waals surface area contributed by atoms with Gasteiger partial charge in [-0.15, -0.1) is 11.3 Å². The standard InChI is InChI=1S/C11H9N3O2S/c15-11(16)14(10-5-3-7-17-10)13-8-9-4-1-2-6-12-9/h1-8H,(H,15,16). The summed E-state index contributed by atoms with van der Waals surface area (Å²) >= 11 is 1.31. The molecule has 17 heavy (non-hydrogen) atoms. The van der Waals surface area contributed by atoms with Crippen molar-refractivity contribution in [2.24, 2.45) is 5.10 Å². The van der Waals surface area contributed by atoms with Crippen molar-refractivity contribution in [2.75, 3.05) is 5.01 Å². The van der Waals surface area contributed by atoms with Gasteiger partial charge in [0, 0.05) is 6.20 Å². The molecule has 0 bridgehead atoms. The van der Waals surface area contributed by atoms with Crippen molar-refractivity contribution in [2.45, 2.75) is 0 Å². The van der Waals surface area contributed by atoms with Crippen LogP contribution in [0.25, 0.3) is 0 Å². The Hall–Kier alpha value is -2.21. The van der Waals surface area contributed by atoms with Crippen molar-refractivity contribution in [3.8, 4) is 0 Å². The van der Waals surface area contributed by atoms with Gasteiger partial charge in [0.05, 0.1) is 11.9 Å². The number of nitrogens with zero attached hydrogens (tertiary/aromatic N) is 3. The van der Waals surface area contributed by atoms with Crippen molar-refractivity contribution in [3.05, 3.63) is 47.6 Å². The third-order valence-electron chi connectivity index (χ3n) is 1.89. The molecule has 0 saturated carbocycles. The molecule has 6 heteroatoms. The van der Waals surface area contributed by atoms with Gasteiger partial charge in [0.25, 0.3) is 0 Å². The van der Waals surface area contributed by atoms with E-state index in [1.54, 1.807) is 35.8 Å². The summed E-state index contributed by atoms with van der Waals surface area (Å²) in [5.41, 5.74) is 0.607. The van der Waals surface area contributed by atoms with Gasteiger partial charge in [0.1, 0.15) is 5.00 Å². The molecule has 0 aliphatic carbocycles. The summed E-state index contributed by atoms with van der Waals surface area (Å²) in [4.78, 5) is 15.0. The highest BCUT2D eigenvalue weighted by Crippen LogP contribution is 2.21. The van der Waals surface area contributed by atoms with Crippen LogP contribution in [0.3, 0.4) is 0 Å². The van der Waals surface area contributed by atoms with E-state index < -0.39 is 6.09 Å². The molecule has 2 rings (SSSR count). The van der Waals surface area contributed by atoms with Crippen molar-refractivity contribution in [3.63, 3.8) is 0 Å². The van der Waals surface area contributed by atoms with E-state index in [4.69, 9.17) is 5.11 Å². The number of anilines is 1. The van der Waals surface area contributed by atoms with Crippen LogP contribution in [0, 0.1) is 0 Å². The lowest BCUT2D eigenvalue weighted by atomic mass is 10.4. The van der Waals surface area contributed by atoms with E-state index in [2.05, 4.69) is 10.1 Å². The molecule has 0 radical (unpaired) electrons. The van der Waals surface area contributed by atoms with Gasteiger partial charge < -0.3 is 5.11 Å². The van der Waals surface area contributed by atoms with Gasteiger partial charge in [-0.2, -0.15) is 10.1 Å². The molecule has 2 aromatic heterocycles.